The SMILES string of the molecule is CCCCOC(=O)CS(=O)CCO. The summed E-state index contributed by atoms with van der Waals surface area (Å²) in [4.78, 5) is 10.9. The van der Waals surface area contributed by atoms with Gasteiger partial charge in [-0.2, -0.15) is 0 Å². The van der Waals surface area contributed by atoms with Crippen molar-refractivity contribution in [3.63, 3.8) is 0 Å². The molecule has 0 amide bonds. The summed E-state index contributed by atoms with van der Waals surface area (Å²) in [5.74, 6) is -0.409. The highest BCUT2D eigenvalue weighted by molar-refractivity contribution is 7.85. The number of aliphatic hydroxyl groups excluding tert-OH is 1. The van der Waals surface area contributed by atoms with E-state index in [1.807, 2.05) is 6.92 Å². The van der Waals surface area contributed by atoms with Crippen molar-refractivity contribution in [2.45, 2.75) is 19.8 Å². The van der Waals surface area contributed by atoms with Crippen molar-refractivity contribution < 1.29 is 18.8 Å². The second-order valence-electron chi connectivity index (χ2n) is 2.59. The largest absolute Gasteiger partial charge is 0.465 e. The Hall–Kier alpha value is -0.420. The topological polar surface area (TPSA) is 63.6 Å². The Morgan fingerprint density at radius 1 is 1.54 bits per heavy atom. The summed E-state index contributed by atoms with van der Waals surface area (Å²) in [5, 5.41) is 8.42. The molecule has 5 heteroatoms. The summed E-state index contributed by atoms with van der Waals surface area (Å²) in [7, 11) is -1.28. The van der Waals surface area contributed by atoms with Gasteiger partial charge in [-0.15, -0.1) is 0 Å². The summed E-state index contributed by atoms with van der Waals surface area (Å²) in [6, 6.07) is 0. The number of hydrogen-bond acceptors (Lipinski definition) is 4. The standard InChI is InChI=1S/C8H16O4S/c1-2-3-5-12-8(10)7-13(11)6-4-9/h9H,2-7H2,1H3. The molecular weight excluding hydrogens is 192 g/mol. The van der Waals surface area contributed by atoms with E-state index in [2.05, 4.69) is 0 Å². The monoisotopic (exact) mass is 208 g/mol. The summed E-state index contributed by atoms with van der Waals surface area (Å²) < 4.78 is 15.7. The average Bonchev–Trinajstić information content (AvgIpc) is 2.05. The fraction of sp³-hybridized carbons (Fsp3) is 0.875. The third-order valence-corrected chi connectivity index (χ3v) is 2.55. The minimum absolute atomic E-state index is 0.107. The number of esters is 1. The number of aliphatic hydroxyl groups is 1. The van der Waals surface area contributed by atoms with Gasteiger partial charge in [0, 0.05) is 16.6 Å². The lowest BCUT2D eigenvalue weighted by molar-refractivity contribution is -0.140. The van der Waals surface area contributed by atoms with Gasteiger partial charge in [-0.1, -0.05) is 13.3 Å². The number of carbonyl (C=O) groups excluding carboxylic acids is 1. The molecule has 0 radical (unpaired) electrons. The first-order chi connectivity index (χ1) is 6.20. The molecule has 0 saturated carbocycles. The van der Waals surface area contributed by atoms with Crippen LogP contribution in [0.15, 0.2) is 0 Å². The molecular formula is C8H16O4S. The number of unbranched alkanes of at least 4 members (excludes halogenated alkanes) is 1. The van der Waals surface area contributed by atoms with Gasteiger partial charge in [0.05, 0.1) is 13.2 Å². The van der Waals surface area contributed by atoms with Crippen molar-refractivity contribution in [3.8, 4) is 0 Å². The molecule has 0 aromatic carbocycles. The Kier molecular flexibility index (Phi) is 7.93. The Labute approximate surface area is 80.7 Å². The first-order valence-corrected chi connectivity index (χ1v) is 5.81. The molecule has 1 N–H and O–H groups in total. The van der Waals surface area contributed by atoms with Crippen LogP contribution in [0.1, 0.15) is 19.8 Å². The van der Waals surface area contributed by atoms with Gasteiger partial charge in [-0.05, 0) is 6.42 Å². The molecule has 4 nitrogen and oxygen atoms in total. The Morgan fingerprint density at radius 2 is 2.23 bits per heavy atom. The van der Waals surface area contributed by atoms with Crippen LogP contribution in [0, 0.1) is 0 Å². The lowest BCUT2D eigenvalue weighted by Crippen LogP contribution is -2.17. The van der Waals surface area contributed by atoms with E-state index in [0.29, 0.717) is 6.61 Å². The highest BCUT2D eigenvalue weighted by Gasteiger charge is 2.07. The van der Waals surface area contributed by atoms with Crippen LogP contribution < -0.4 is 0 Å². The molecule has 1 unspecified atom stereocenters. The van der Waals surface area contributed by atoms with Gasteiger partial charge in [0.15, 0.2) is 0 Å². The zero-order chi connectivity index (χ0) is 10.1. The van der Waals surface area contributed by atoms with Gasteiger partial charge in [-0.3, -0.25) is 9.00 Å². The maximum absolute atomic E-state index is 10.9. The zero-order valence-electron chi connectivity index (χ0n) is 7.82. The van der Waals surface area contributed by atoms with E-state index in [1.165, 1.54) is 0 Å². The predicted octanol–water partition coefficient (Wildman–Crippen LogP) is 0.0707. The molecule has 13 heavy (non-hydrogen) atoms. The number of ether oxygens (including phenoxy) is 1. The molecule has 0 heterocycles. The molecule has 0 rings (SSSR count). The van der Waals surface area contributed by atoms with Crippen LogP contribution in [0.2, 0.25) is 0 Å². The van der Waals surface area contributed by atoms with Crippen molar-refractivity contribution in [1.82, 2.24) is 0 Å². The molecule has 0 aromatic heterocycles. The Balaban J connectivity index is 3.44. The average molecular weight is 208 g/mol. The second kappa shape index (κ2) is 8.19. The molecule has 0 fully saturated rings. The third kappa shape index (κ3) is 7.93. The number of hydrogen-bond donors (Lipinski definition) is 1. The summed E-state index contributed by atoms with van der Waals surface area (Å²) in [6.07, 6.45) is 1.80. The van der Waals surface area contributed by atoms with Gasteiger partial charge in [0.25, 0.3) is 0 Å². The van der Waals surface area contributed by atoms with Gasteiger partial charge >= 0.3 is 5.97 Å². The minimum atomic E-state index is -1.28. The van der Waals surface area contributed by atoms with Crippen LogP contribution in [0.3, 0.4) is 0 Å². The number of carbonyl (C=O) groups is 1. The lowest BCUT2D eigenvalue weighted by Gasteiger charge is -2.02. The fourth-order valence-corrected chi connectivity index (χ4v) is 1.37. The molecule has 0 aliphatic heterocycles. The molecule has 78 valence electrons. The predicted molar refractivity (Wildman–Crippen MR) is 50.8 cm³/mol. The number of rotatable bonds is 7. The van der Waals surface area contributed by atoms with Crippen molar-refractivity contribution in [3.05, 3.63) is 0 Å². The van der Waals surface area contributed by atoms with E-state index in [4.69, 9.17) is 9.84 Å². The zero-order valence-corrected chi connectivity index (χ0v) is 8.64. The van der Waals surface area contributed by atoms with E-state index in [9.17, 15) is 9.00 Å². The Morgan fingerprint density at radius 3 is 2.77 bits per heavy atom. The van der Waals surface area contributed by atoms with E-state index < -0.39 is 16.8 Å². The summed E-state index contributed by atoms with van der Waals surface area (Å²) >= 11 is 0. The quantitative estimate of drug-likeness (QED) is 0.475. The van der Waals surface area contributed by atoms with E-state index >= 15 is 0 Å². The van der Waals surface area contributed by atoms with Crippen molar-refractivity contribution in [1.29, 1.82) is 0 Å². The van der Waals surface area contributed by atoms with Crippen LogP contribution in [0.5, 0.6) is 0 Å². The summed E-state index contributed by atoms with van der Waals surface area (Å²) in [5.41, 5.74) is 0. The smallest absolute Gasteiger partial charge is 0.318 e. The van der Waals surface area contributed by atoms with Gasteiger partial charge < -0.3 is 9.84 Å². The fourth-order valence-electron chi connectivity index (χ4n) is 0.677. The highest BCUT2D eigenvalue weighted by Crippen LogP contribution is 1.91. The van der Waals surface area contributed by atoms with Crippen molar-refractivity contribution in [2.24, 2.45) is 0 Å². The van der Waals surface area contributed by atoms with E-state index in [1.54, 1.807) is 0 Å². The van der Waals surface area contributed by atoms with E-state index in [-0.39, 0.29) is 18.1 Å². The van der Waals surface area contributed by atoms with E-state index in [0.717, 1.165) is 12.8 Å². The van der Waals surface area contributed by atoms with Crippen LogP contribution >= 0.6 is 0 Å². The minimum Gasteiger partial charge on any atom is -0.465 e. The molecule has 0 spiro atoms. The molecule has 0 aliphatic rings. The maximum Gasteiger partial charge on any atom is 0.318 e. The van der Waals surface area contributed by atoms with Gasteiger partial charge in [0.1, 0.15) is 5.75 Å². The molecule has 0 bridgehead atoms. The third-order valence-electron chi connectivity index (χ3n) is 1.36. The highest BCUT2D eigenvalue weighted by atomic mass is 32.2. The first-order valence-electron chi connectivity index (χ1n) is 4.32. The maximum atomic E-state index is 10.9. The molecule has 0 aromatic rings. The molecule has 0 aliphatic carbocycles. The molecule has 0 saturated heterocycles. The lowest BCUT2D eigenvalue weighted by atomic mass is 10.4. The van der Waals surface area contributed by atoms with Crippen LogP contribution in [0.4, 0.5) is 0 Å². The van der Waals surface area contributed by atoms with Crippen molar-refractivity contribution >= 4 is 16.8 Å². The van der Waals surface area contributed by atoms with Crippen molar-refractivity contribution in [2.75, 3.05) is 24.7 Å². The van der Waals surface area contributed by atoms with Gasteiger partial charge in [-0.25, -0.2) is 0 Å². The van der Waals surface area contributed by atoms with Crippen LogP contribution in [0.25, 0.3) is 0 Å². The normalized spacial score (nSPS) is 12.5. The summed E-state index contributed by atoms with van der Waals surface area (Å²) in [6.45, 7) is 2.23. The van der Waals surface area contributed by atoms with Crippen LogP contribution in [-0.2, 0) is 20.3 Å². The van der Waals surface area contributed by atoms with Gasteiger partial charge in [0.2, 0.25) is 0 Å². The first kappa shape index (κ1) is 12.6. The molecule has 1 atom stereocenters. The second-order valence-corrected chi connectivity index (χ2v) is 4.16. The Bertz CT molecular complexity index is 170. The van der Waals surface area contributed by atoms with Crippen LogP contribution in [-0.4, -0.2) is 40.0 Å².